The second-order valence-corrected chi connectivity index (χ2v) is 4.62. The van der Waals surface area contributed by atoms with Crippen molar-refractivity contribution in [3.63, 3.8) is 0 Å². The maximum absolute atomic E-state index is 12.1. The van der Waals surface area contributed by atoms with E-state index in [2.05, 4.69) is 4.98 Å². The lowest BCUT2D eigenvalue weighted by molar-refractivity contribution is -0.129. The van der Waals surface area contributed by atoms with Gasteiger partial charge in [-0.3, -0.25) is 9.78 Å². The summed E-state index contributed by atoms with van der Waals surface area (Å²) in [5.74, 6) is 0.0743. The van der Waals surface area contributed by atoms with Crippen LogP contribution in [-0.4, -0.2) is 47.5 Å². The molecule has 0 bridgehead atoms. The molecule has 0 aliphatic carbocycles. The maximum Gasteiger partial charge on any atom is 0.242 e. The van der Waals surface area contributed by atoms with E-state index in [4.69, 9.17) is 18.0 Å². The summed E-state index contributed by atoms with van der Waals surface area (Å²) in [6.45, 7) is 5.62. The molecule has 1 rings (SSSR count). The second-order valence-electron chi connectivity index (χ2n) is 4.18. The van der Waals surface area contributed by atoms with Crippen LogP contribution in [0.25, 0.3) is 0 Å². The van der Waals surface area contributed by atoms with E-state index in [1.807, 2.05) is 25.8 Å². The lowest BCUT2D eigenvalue weighted by Crippen LogP contribution is -2.39. The monoisotopic (exact) mass is 280 g/mol. The topological polar surface area (TPSA) is 62.5 Å². The number of amides is 1. The number of anilines is 1. The summed E-state index contributed by atoms with van der Waals surface area (Å²) in [4.78, 5) is 20.0. The largest absolute Gasteiger partial charge is 0.389 e. The Bertz CT molecular complexity index is 460. The lowest BCUT2D eigenvalue weighted by Gasteiger charge is -2.25. The SMILES string of the molecule is CCN(CC)C(=O)CN(C)c1cnccc1C(N)=S. The first-order valence-corrected chi connectivity index (χ1v) is 6.64. The molecule has 1 heterocycles. The molecule has 1 amide bonds. The third-order valence-electron chi connectivity index (χ3n) is 2.97. The summed E-state index contributed by atoms with van der Waals surface area (Å²) in [6.07, 6.45) is 3.31. The van der Waals surface area contributed by atoms with Crippen molar-refractivity contribution in [1.29, 1.82) is 0 Å². The molecule has 0 unspecified atom stereocenters. The molecule has 104 valence electrons. The zero-order valence-electron chi connectivity index (χ0n) is 11.6. The summed E-state index contributed by atoms with van der Waals surface area (Å²) >= 11 is 5.01. The number of likely N-dealkylation sites (N-methyl/N-ethyl adjacent to an activating group) is 2. The van der Waals surface area contributed by atoms with Gasteiger partial charge in [0.25, 0.3) is 0 Å². The minimum atomic E-state index is 0.0743. The van der Waals surface area contributed by atoms with Gasteiger partial charge in [0.15, 0.2) is 0 Å². The number of carbonyl (C=O) groups excluding carboxylic acids is 1. The normalized spacial score (nSPS) is 10.1. The number of hydrogen-bond donors (Lipinski definition) is 1. The molecule has 19 heavy (non-hydrogen) atoms. The first-order chi connectivity index (χ1) is 9.01. The minimum Gasteiger partial charge on any atom is -0.389 e. The highest BCUT2D eigenvalue weighted by molar-refractivity contribution is 7.80. The molecule has 1 aromatic rings. The zero-order chi connectivity index (χ0) is 14.4. The predicted molar refractivity (Wildman–Crippen MR) is 81.3 cm³/mol. The Morgan fingerprint density at radius 1 is 1.42 bits per heavy atom. The van der Waals surface area contributed by atoms with E-state index in [1.54, 1.807) is 23.4 Å². The van der Waals surface area contributed by atoms with E-state index < -0.39 is 0 Å². The fourth-order valence-corrected chi connectivity index (χ4v) is 2.04. The van der Waals surface area contributed by atoms with Crippen LogP contribution in [0.4, 0.5) is 5.69 Å². The molecule has 0 aliphatic heterocycles. The van der Waals surface area contributed by atoms with Gasteiger partial charge in [0.1, 0.15) is 4.99 Å². The lowest BCUT2D eigenvalue weighted by atomic mass is 10.2. The van der Waals surface area contributed by atoms with Crippen molar-refractivity contribution < 1.29 is 4.79 Å². The highest BCUT2D eigenvalue weighted by Crippen LogP contribution is 2.17. The molecule has 5 nitrogen and oxygen atoms in total. The Morgan fingerprint density at radius 2 is 2.05 bits per heavy atom. The molecule has 2 N–H and O–H groups in total. The number of thiocarbonyl (C=S) groups is 1. The second kappa shape index (κ2) is 7.04. The molecule has 0 atom stereocenters. The Hall–Kier alpha value is -1.69. The molecule has 0 aliphatic rings. The third-order valence-corrected chi connectivity index (χ3v) is 3.19. The van der Waals surface area contributed by atoms with E-state index in [0.717, 1.165) is 11.3 Å². The van der Waals surface area contributed by atoms with E-state index in [0.29, 0.717) is 18.1 Å². The predicted octanol–water partition coefficient (Wildman–Crippen LogP) is 1.02. The van der Waals surface area contributed by atoms with Crippen LogP contribution >= 0.6 is 12.2 Å². The summed E-state index contributed by atoms with van der Waals surface area (Å²) in [6, 6.07) is 1.76. The molecule has 0 radical (unpaired) electrons. The van der Waals surface area contributed by atoms with Crippen molar-refractivity contribution in [2.75, 3.05) is 31.6 Å². The van der Waals surface area contributed by atoms with Gasteiger partial charge in [-0.25, -0.2) is 0 Å². The number of rotatable bonds is 6. The number of carbonyl (C=O) groups is 1. The van der Waals surface area contributed by atoms with Crippen LogP contribution in [0.1, 0.15) is 19.4 Å². The van der Waals surface area contributed by atoms with Crippen molar-refractivity contribution in [1.82, 2.24) is 9.88 Å². The fourth-order valence-electron chi connectivity index (χ4n) is 1.86. The van der Waals surface area contributed by atoms with Crippen molar-refractivity contribution >= 4 is 28.8 Å². The van der Waals surface area contributed by atoms with Gasteiger partial charge in [-0.15, -0.1) is 0 Å². The molecule has 1 aromatic heterocycles. The number of pyridine rings is 1. The fraction of sp³-hybridized carbons (Fsp3) is 0.462. The van der Waals surface area contributed by atoms with Crippen molar-refractivity contribution in [3.05, 3.63) is 24.0 Å². The highest BCUT2D eigenvalue weighted by Gasteiger charge is 2.15. The van der Waals surface area contributed by atoms with Crippen molar-refractivity contribution in [3.8, 4) is 0 Å². The van der Waals surface area contributed by atoms with Gasteiger partial charge in [-0.2, -0.15) is 0 Å². The maximum atomic E-state index is 12.1. The quantitative estimate of drug-likeness (QED) is 0.788. The van der Waals surface area contributed by atoms with Crippen LogP contribution in [0.3, 0.4) is 0 Å². The Labute approximate surface area is 119 Å². The summed E-state index contributed by atoms with van der Waals surface area (Å²) in [7, 11) is 1.83. The number of hydrogen-bond acceptors (Lipinski definition) is 4. The summed E-state index contributed by atoms with van der Waals surface area (Å²) < 4.78 is 0. The van der Waals surface area contributed by atoms with Gasteiger partial charge in [0.2, 0.25) is 5.91 Å². The van der Waals surface area contributed by atoms with Crippen LogP contribution in [-0.2, 0) is 4.79 Å². The molecule has 0 spiro atoms. The Morgan fingerprint density at radius 3 is 2.58 bits per heavy atom. The van der Waals surface area contributed by atoms with Gasteiger partial charge in [-0.05, 0) is 19.9 Å². The standard InChI is InChI=1S/C13H20N4OS/c1-4-17(5-2)12(18)9-16(3)11-8-15-7-6-10(11)13(14)19/h6-8H,4-5,9H2,1-3H3,(H2,14,19). The number of nitrogens with two attached hydrogens (primary N) is 1. The van der Waals surface area contributed by atoms with E-state index >= 15 is 0 Å². The molecule has 0 saturated heterocycles. The van der Waals surface area contributed by atoms with Crippen LogP contribution in [0.5, 0.6) is 0 Å². The molecule has 0 fully saturated rings. The van der Waals surface area contributed by atoms with E-state index in [1.165, 1.54) is 0 Å². The van der Waals surface area contributed by atoms with Crippen molar-refractivity contribution in [2.45, 2.75) is 13.8 Å². The first kappa shape index (κ1) is 15.4. The molecular formula is C13H20N4OS. The molecule has 0 aromatic carbocycles. The average molecular weight is 280 g/mol. The average Bonchev–Trinajstić information content (AvgIpc) is 2.40. The Balaban J connectivity index is 2.87. The number of aromatic nitrogens is 1. The summed E-state index contributed by atoms with van der Waals surface area (Å²) in [5.41, 5.74) is 7.19. The van der Waals surface area contributed by atoms with E-state index in [9.17, 15) is 4.79 Å². The molecule has 0 saturated carbocycles. The van der Waals surface area contributed by atoms with Crippen LogP contribution < -0.4 is 10.6 Å². The van der Waals surface area contributed by atoms with Crippen molar-refractivity contribution in [2.24, 2.45) is 5.73 Å². The minimum absolute atomic E-state index is 0.0743. The first-order valence-electron chi connectivity index (χ1n) is 6.23. The van der Waals surface area contributed by atoms with Crippen LogP contribution in [0.2, 0.25) is 0 Å². The smallest absolute Gasteiger partial charge is 0.242 e. The summed E-state index contributed by atoms with van der Waals surface area (Å²) in [5, 5.41) is 0. The van der Waals surface area contributed by atoms with Gasteiger partial charge in [0.05, 0.1) is 18.4 Å². The Kier molecular flexibility index (Phi) is 5.69. The molecule has 6 heteroatoms. The molecular weight excluding hydrogens is 260 g/mol. The third kappa shape index (κ3) is 3.89. The van der Waals surface area contributed by atoms with E-state index in [-0.39, 0.29) is 12.5 Å². The van der Waals surface area contributed by atoms with Gasteiger partial charge in [0, 0.05) is 31.9 Å². The van der Waals surface area contributed by atoms with Crippen LogP contribution in [0, 0.1) is 0 Å². The van der Waals surface area contributed by atoms with Gasteiger partial charge in [-0.1, -0.05) is 12.2 Å². The highest BCUT2D eigenvalue weighted by atomic mass is 32.1. The zero-order valence-corrected chi connectivity index (χ0v) is 12.4. The number of nitrogens with zero attached hydrogens (tertiary/aromatic N) is 3. The van der Waals surface area contributed by atoms with Gasteiger partial charge >= 0.3 is 0 Å². The van der Waals surface area contributed by atoms with Gasteiger partial charge < -0.3 is 15.5 Å². The van der Waals surface area contributed by atoms with Crippen LogP contribution in [0.15, 0.2) is 18.5 Å².